The van der Waals surface area contributed by atoms with Crippen molar-refractivity contribution in [3.8, 4) is 23.0 Å². The first-order valence-corrected chi connectivity index (χ1v) is 13.0. The molecule has 0 saturated heterocycles. The average Bonchev–Trinajstić information content (AvgIpc) is 2.95. The number of ether oxygens (including phenoxy) is 4. The number of carbonyl (C=O) groups is 1. The van der Waals surface area contributed by atoms with Gasteiger partial charge in [-0.1, -0.05) is 66.7 Å². The zero-order chi connectivity index (χ0) is 25.6. The molecular formula is C31H28O5S. The predicted molar refractivity (Wildman–Crippen MR) is 145 cm³/mol. The minimum atomic E-state index is -0.0942. The van der Waals surface area contributed by atoms with E-state index in [0.29, 0.717) is 48.2 Å². The molecule has 5 rings (SSSR count). The van der Waals surface area contributed by atoms with Gasteiger partial charge in [0, 0.05) is 11.7 Å². The summed E-state index contributed by atoms with van der Waals surface area (Å²) in [4.78, 5) is 14.4. The Morgan fingerprint density at radius 2 is 1.27 bits per heavy atom. The number of ketones is 1. The van der Waals surface area contributed by atoms with Gasteiger partial charge in [-0.3, -0.25) is 4.79 Å². The lowest BCUT2D eigenvalue weighted by Crippen LogP contribution is -2.15. The van der Waals surface area contributed by atoms with Gasteiger partial charge in [0.15, 0.2) is 17.3 Å². The fourth-order valence-corrected chi connectivity index (χ4v) is 5.70. The van der Waals surface area contributed by atoms with Crippen LogP contribution in [0.5, 0.6) is 23.0 Å². The molecule has 1 aliphatic heterocycles. The molecule has 1 unspecified atom stereocenters. The van der Waals surface area contributed by atoms with Crippen molar-refractivity contribution in [1.29, 1.82) is 0 Å². The Morgan fingerprint density at radius 1 is 0.703 bits per heavy atom. The molecule has 5 nitrogen and oxygen atoms in total. The lowest BCUT2D eigenvalue weighted by atomic mass is 9.99. The largest absolute Gasteiger partial charge is 0.493 e. The zero-order valence-electron chi connectivity index (χ0n) is 20.8. The van der Waals surface area contributed by atoms with Gasteiger partial charge in [0.05, 0.1) is 24.7 Å². The van der Waals surface area contributed by atoms with Crippen LogP contribution in [0.2, 0.25) is 0 Å². The fraction of sp³-hybridized carbons (Fsp3) is 0.194. The van der Waals surface area contributed by atoms with E-state index in [9.17, 15) is 4.79 Å². The van der Waals surface area contributed by atoms with Crippen LogP contribution >= 0.6 is 11.8 Å². The van der Waals surface area contributed by atoms with Crippen molar-refractivity contribution < 1.29 is 23.7 Å². The predicted octanol–water partition coefficient (Wildman–Crippen LogP) is 7.28. The van der Waals surface area contributed by atoms with Crippen LogP contribution in [-0.2, 0) is 13.2 Å². The Labute approximate surface area is 221 Å². The van der Waals surface area contributed by atoms with Gasteiger partial charge in [-0.2, -0.15) is 0 Å². The molecule has 37 heavy (non-hydrogen) atoms. The number of methoxy groups -OCH3 is 2. The van der Waals surface area contributed by atoms with E-state index in [1.54, 1.807) is 26.0 Å². The van der Waals surface area contributed by atoms with E-state index in [4.69, 9.17) is 18.9 Å². The third-order valence-electron chi connectivity index (χ3n) is 6.25. The second-order valence-corrected chi connectivity index (χ2v) is 9.88. The molecule has 0 aliphatic carbocycles. The van der Waals surface area contributed by atoms with Gasteiger partial charge in [0.2, 0.25) is 0 Å². The van der Waals surface area contributed by atoms with Gasteiger partial charge in [0.25, 0.3) is 0 Å². The van der Waals surface area contributed by atoms with Crippen molar-refractivity contribution in [1.82, 2.24) is 0 Å². The molecule has 1 heterocycles. The molecule has 0 fully saturated rings. The summed E-state index contributed by atoms with van der Waals surface area (Å²) >= 11 is 1.62. The van der Waals surface area contributed by atoms with Crippen molar-refractivity contribution in [2.45, 2.75) is 29.8 Å². The number of rotatable bonds is 9. The summed E-state index contributed by atoms with van der Waals surface area (Å²) in [5, 5.41) is -0.0942. The highest BCUT2D eigenvalue weighted by atomic mass is 32.2. The molecule has 0 N–H and O–H groups in total. The van der Waals surface area contributed by atoms with Gasteiger partial charge in [-0.05, 0) is 41.0 Å². The normalized spacial score (nSPS) is 14.5. The SMILES string of the molecule is COc1ccc(C2CC(=O)c3c(OCc4ccccc4)ccc(OCc4ccccc4)c3S2)cc1OC. The molecular weight excluding hydrogens is 484 g/mol. The highest BCUT2D eigenvalue weighted by Crippen LogP contribution is 2.52. The Balaban J connectivity index is 1.48. The van der Waals surface area contributed by atoms with E-state index in [-0.39, 0.29) is 11.0 Å². The van der Waals surface area contributed by atoms with Gasteiger partial charge >= 0.3 is 0 Å². The first-order valence-electron chi connectivity index (χ1n) is 12.1. The summed E-state index contributed by atoms with van der Waals surface area (Å²) in [7, 11) is 3.22. The van der Waals surface area contributed by atoms with Gasteiger partial charge in [-0.15, -0.1) is 11.8 Å². The maximum Gasteiger partial charge on any atom is 0.169 e. The standard InChI is InChI=1S/C31H28O5S/c1-33-25-14-13-23(17-28(25)34-2)29-18-24(32)30-26(35-19-21-9-5-3-6-10-21)15-16-27(31(30)37-29)36-20-22-11-7-4-8-12-22/h3-17,29H,18-20H2,1-2H3. The quantitative estimate of drug-likeness (QED) is 0.235. The highest BCUT2D eigenvalue weighted by Gasteiger charge is 2.33. The number of carbonyl (C=O) groups excluding carboxylic acids is 1. The maximum atomic E-state index is 13.6. The molecule has 0 radical (unpaired) electrons. The molecule has 0 bridgehead atoms. The Kier molecular flexibility index (Phi) is 7.66. The van der Waals surface area contributed by atoms with Crippen molar-refractivity contribution in [3.05, 3.63) is 113 Å². The fourth-order valence-electron chi connectivity index (χ4n) is 4.32. The number of fused-ring (bicyclic) bond motifs is 1. The summed E-state index contributed by atoms with van der Waals surface area (Å²) in [6, 6.07) is 29.5. The van der Waals surface area contributed by atoms with E-state index in [0.717, 1.165) is 21.6 Å². The maximum absolute atomic E-state index is 13.6. The summed E-state index contributed by atoms with van der Waals surface area (Å²) in [5.41, 5.74) is 3.68. The molecule has 4 aromatic rings. The van der Waals surface area contributed by atoms with Crippen LogP contribution in [0.3, 0.4) is 0 Å². The second kappa shape index (κ2) is 11.4. The van der Waals surface area contributed by atoms with E-state index in [2.05, 4.69) is 0 Å². The molecule has 188 valence electrons. The molecule has 0 aromatic heterocycles. The lowest BCUT2D eigenvalue weighted by Gasteiger charge is -2.27. The van der Waals surface area contributed by atoms with Gasteiger partial charge in [-0.25, -0.2) is 0 Å². The Bertz CT molecular complexity index is 1370. The summed E-state index contributed by atoms with van der Waals surface area (Å²) in [6.07, 6.45) is 0.344. The van der Waals surface area contributed by atoms with E-state index < -0.39 is 0 Å². The number of thioether (sulfide) groups is 1. The van der Waals surface area contributed by atoms with Crippen LogP contribution in [0.25, 0.3) is 0 Å². The van der Waals surface area contributed by atoms with Crippen LogP contribution in [0.1, 0.15) is 38.7 Å². The number of hydrogen-bond acceptors (Lipinski definition) is 6. The van der Waals surface area contributed by atoms with E-state index in [1.165, 1.54) is 0 Å². The molecule has 1 aliphatic rings. The van der Waals surface area contributed by atoms with Crippen molar-refractivity contribution in [3.63, 3.8) is 0 Å². The Hall–Kier alpha value is -3.90. The van der Waals surface area contributed by atoms with Crippen molar-refractivity contribution in [2.24, 2.45) is 0 Å². The number of hydrogen-bond donors (Lipinski definition) is 0. The third-order valence-corrected chi connectivity index (χ3v) is 7.61. The van der Waals surface area contributed by atoms with Crippen LogP contribution in [-0.4, -0.2) is 20.0 Å². The minimum Gasteiger partial charge on any atom is -0.493 e. The second-order valence-electron chi connectivity index (χ2n) is 8.66. The van der Waals surface area contributed by atoms with Gasteiger partial charge < -0.3 is 18.9 Å². The lowest BCUT2D eigenvalue weighted by molar-refractivity contribution is 0.0970. The minimum absolute atomic E-state index is 0.0294. The summed E-state index contributed by atoms with van der Waals surface area (Å²) in [5.74, 6) is 2.58. The van der Waals surface area contributed by atoms with Crippen LogP contribution in [0.15, 0.2) is 95.9 Å². The molecule has 4 aromatic carbocycles. The van der Waals surface area contributed by atoms with Crippen LogP contribution < -0.4 is 18.9 Å². The summed E-state index contributed by atoms with van der Waals surface area (Å²) in [6.45, 7) is 0.793. The number of Topliss-reactive ketones (excluding diaryl/α,β-unsaturated/α-hetero) is 1. The monoisotopic (exact) mass is 512 g/mol. The first kappa shape index (κ1) is 24.8. The molecule has 6 heteroatoms. The van der Waals surface area contributed by atoms with E-state index >= 15 is 0 Å². The topological polar surface area (TPSA) is 54.0 Å². The molecule has 1 atom stereocenters. The molecule has 0 spiro atoms. The Morgan fingerprint density at radius 3 is 1.89 bits per heavy atom. The third kappa shape index (κ3) is 5.59. The average molecular weight is 513 g/mol. The first-order chi connectivity index (χ1) is 18.2. The van der Waals surface area contributed by atoms with Crippen LogP contribution in [0.4, 0.5) is 0 Å². The van der Waals surface area contributed by atoms with Gasteiger partial charge in [0.1, 0.15) is 24.7 Å². The zero-order valence-corrected chi connectivity index (χ0v) is 21.6. The smallest absolute Gasteiger partial charge is 0.169 e. The molecule has 0 saturated carbocycles. The van der Waals surface area contributed by atoms with Crippen molar-refractivity contribution >= 4 is 17.5 Å². The van der Waals surface area contributed by atoms with Crippen LogP contribution in [0, 0.1) is 0 Å². The summed E-state index contributed by atoms with van der Waals surface area (Å²) < 4.78 is 23.3. The van der Waals surface area contributed by atoms with Crippen molar-refractivity contribution in [2.75, 3.05) is 14.2 Å². The van der Waals surface area contributed by atoms with E-state index in [1.807, 2.05) is 91.0 Å². The highest BCUT2D eigenvalue weighted by molar-refractivity contribution is 7.99. The number of benzene rings is 4. The molecule has 0 amide bonds.